The number of imidazole rings is 2. The summed E-state index contributed by atoms with van der Waals surface area (Å²) < 4.78 is 4.16. The molecule has 2 heterocycles. The van der Waals surface area contributed by atoms with Crippen LogP contribution in [0.3, 0.4) is 0 Å². The molecule has 96 valence electrons. The number of aromatic nitrogens is 4. The summed E-state index contributed by atoms with van der Waals surface area (Å²) in [6.07, 6.45) is 8.56. The molecule has 1 N–H and O–H groups in total. The average molecular weight is 245 g/mol. The zero-order chi connectivity index (χ0) is 13.0. The topological polar surface area (TPSA) is 47.7 Å². The van der Waals surface area contributed by atoms with Crippen molar-refractivity contribution in [2.24, 2.45) is 7.05 Å². The lowest BCUT2D eigenvalue weighted by Gasteiger charge is -2.08. The van der Waals surface area contributed by atoms with Gasteiger partial charge in [0.05, 0.1) is 5.69 Å². The van der Waals surface area contributed by atoms with E-state index in [4.69, 9.17) is 0 Å². The molecule has 0 aliphatic heterocycles. The van der Waals surface area contributed by atoms with Gasteiger partial charge in [0, 0.05) is 45.1 Å². The van der Waals surface area contributed by atoms with Crippen molar-refractivity contribution in [2.75, 3.05) is 11.9 Å². The number of hydrogen-bond acceptors (Lipinski definition) is 3. The third kappa shape index (κ3) is 2.80. The van der Waals surface area contributed by atoms with Crippen molar-refractivity contribution in [2.45, 2.75) is 19.9 Å². The molecule has 5 nitrogen and oxygen atoms in total. The summed E-state index contributed by atoms with van der Waals surface area (Å²) in [6.45, 7) is 7.28. The van der Waals surface area contributed by atoms with Gasteiger partial charge in [0.15, 0.2) is 0 Å². The zero-order valence-corrected chi connectivity index (χ0v) is 10.9. The minimum absolute atomic E-state index is 0.721. The molecule has 0 aliphatic carbocycles. The normalized spacial score (nSPS) is 10.6. The van der Waals surface area contributed by atoms with Crippen LogP contribution in [0.4, 0.5) is 5.95 Å². The largest absolute Gasteiger partial charge is 0.352 e. The number of nitrogens with zero attached hydrogens (tertiary/aromatic N) is 4. The fourth-order valence-corrected chi connectivity index (χ4v) is 1.88. The van der Waals surface area contributed by atoms with Gasteiger partial charge in [-0.25, -0.2) is 9.97 Å². The number of hydrogen-bond donors (Lipinski definition) is 1. The highest BCUT2D eigenvalue weighted by Crippen LogP contribution is 2.09. The van der Waals surface area contributed by atoms with Crippen LogP contribution in [-0.4, -0.2) is 25.6 Å². The van der Waals surface area contributed by atoms with E-state index in [0.717, 1.165) is 37.0 Å². The molecule has 0 bridgehead atoms. The van der Waals surface area contributed by atoms with E-state index in [9.17, 15) is 0 Å². The summed E-state index contributed by atoms with van der Waals surface area (Å²) >= 11 is 0. The van der Waals surface area contributed by atoms with Crippen molar-refractivity contribution in [1.82, 2.24) is 19.1 Å². The smallest absolute Gasteiger partial charge is 0.203 e. The Morgan fingerprint density at radius 1 is 1.50 bits per heavy atom. The predicted molar refractivity (Wildman–Crippen MR) is 72.6 cm³/mol. The van der Waals surface area contributed by atoms with Crippen LogP contribution in [0.15, 0.2) is 31.2 Å². The van der Waals surface area contributed by atoms with E-state index >= 15 is 0 Å². The molecule has 0 amide bonds. The Balaban J connectivity index is 2.04. The standard InChI is InChI=1S/C13H19N5/c1-4-6-15-13-16-11(2)10-18(13)8-5-12-14-7-9-17(12)3/h4,7,9-10H,1,5-6,8H2,2-3H3,(H,15,16). The molecule has 0 saturated carbocycles. The van der Waals surface area contributed by atoms with Gasteiger partial charge in [0.2, 0.25) is 5.95 Å². The van der Waals surface area contributed by atoms with E-state index in [1.165, 1.54) is 0 Å². The lowest BCUT2D eigenvalue weighted by molar-refractivity contribution is 0.654. The Labute approximate surface area is 107 Å². The lowest BCUT2D eigenvalue weighted by atomic mass is 10.4. The highest BCUT2D eigenvalue weighted by Gasteiger charge is 2.06. The quantitative estimate of drug-likeness (QED) is 0.789. The fraction of sp³-hybridized carbons (Fsp3) is 0.385. The molecule has 0 fully saturated rings. The van der Waals surface area contributed by atoms with Gasteiger partial charge >= 0.3 is 0 Å². The van der Waals surface area contributed by atoms with E-state index in [-0.39, 0.29) is 0 Å². The minimum Gasteiger partial charge on any atom is -0.352 e. The van der Waals surface area contributed by atoms with Crippen molar-refractivity contribution in [1.29, 1.82) is 0 Å². The van der Waals surface area contributed by atoms with Gasteiger partial charge < -0.3 is 14.5 Å². The number of rotatable bonds is 6. The Hall–Kier alpha value is -2.04. The highest BCUT2D eigenvalue weighted by atomic mass is 15.2. The lowest BCUT2D eigenvalue weighted by Crippen LogP contribution is -2.10. The summed E-state index contributed by atoms with van der Waals surface area (Å²) in [6, 6.07) is 0. The molecule has 18 heavy (non-hydrogen) atoms. The van der Waals surface area contributed by atoms with Gasteiger partial charge in [0.1, 0.15) is 5.82 Å². The van der Waals surface area contributed by atoms with Crippen LogP contribution in [0.1, 0.15) is 11.5 Å². The third-order valence-corrected chi connectivity index (χ3v) is 2.80. The number of nitrogens with one attached hydrogen (secondary N) is 1. The molecule has 2 aromatic heterocycles. The molecular formula is C13H19N5. The van der Waals surface area contributed by atoms with E-state index in [1.54, 1.807) is 0 Å². The van der Waals surface area contributed by atoms with Gasteiger partial charge in [-0.3, -0.25) is 0 Å². The fourth-order valence-electron chi connectivity index (χ4n) is 1.88. The van der Waals surface area contributed by atoms with Crippen molar-refractivity contribution < 1.29 is 0 Å². The maximum atomic E-state index is 4.45. The van der Waals surface area contributed by atoms with Crippen LogP contribution in [-0.2, 0) is 20.0 Å². The van der Waals surface area contributed by atoms with Crippen LogP contribution >= 0.6 is 0 Å². The average Bonchev–Trinajstić information content (AvgIpc) is 2.90. The van der Waals surface area contributed by atoms with E-state index < -0.39 is 0 Å². The van der Waals surface area contributed by atoms with Crippen LogP contribution in [0.5, 0.6) is 0 Å². The second-order valence-corrected chi connectivity index (χ2v) is 4.27. The van der Waals surface area contributed by atoms with Crippen LogP contribution < -0.4 is 5.32 Å². The molecule has 0 aliphatic rings. The van der Waals surface area contributed by atoms with Gasteiger partial charge in [-0.1, -0.05) is 6.08 Å². The molecule has 0 unspecified atom stereocenters. The molecule has 2 aromatic rings. The first-order chi connectivity index (χ1) is 8.70. The predicted octanol–water partition coefficient (Wildman–Crippen LogP) is 1.77. The number of aryl methyl sites for hydroxylation is 4. The van der Waals surface area contributed by atoms with Gasteiger partial charge in [-0.15, -0.1) is 6.58 Å². The second-order valence-electron chi connectivity index (χ2n) is 4.27. The summed E-state index contributed by atoms with van der Waals surface area (Å²) in [5.41, 5.74) is 1.02. The molecule has 2 rings (SSSR count). The summed E-state index contributed by atoms with van der Waals surface area (Å²) in [4.78, 5) is 8.77. The first-order valence-electron chi connectivity index (χ1n) is 6.05. The molecule has 0 spiro atoms. The van der Waals surface area contributed by atoms with E-state index in [2.05, 4.69) is 26.4 Å². The van der Waals surface area contributed by atoms with Crippen molar-refractivity contribution >= 4 is 5.95 Å². The first-order valence-corrected chi connectivity index (χ1v) is 6.05. The molecule has 0 radical (unpaired) electrons. The molecule has 0 atom stereocenters. The Morgan fingerprint density at radius 2 is 2.33 bits per heavy atom. The van der Waals surface area contributed by atoms with Gasteiger partial charge in [-0.2, -0.15) is 0 Å². The van der Waals surface area contributed by atoms with Crippen molar-refractivity contribution in [3.8, 4) is 0 Å². The maximum Gasteiger partial charge on any atom is 0.203 e. The summed E-state index contributed by atoms with van der Waals surface area (Å²) in [5.74, 6) is 1.97. The molecular weight excluding hydrogens is 226 g/mol. The van der Waals surface area contributed by atoms with Crippen molar-refractivity contribution in [3.05, 3.63) is 42.8 Å². The first kappa shape index (κ1) is 12.4. The summed E-state index contributed by atoms with van der Waals surface area (Å²) in [7, 11) is 2.01. The van der Waals surface area contributed by atoms with Gasteiger partial charge in [-0.05, 0) is 6.92 Å². The van der Waals surface area contributed by atoms with E-state index in [1.807, 2.05) is 43.2 Å². The van der Waals surface area contributed by atoms with Crippen LogP contribution in [0.2, 0.25) is 0 Å². The highest BCUT2D eigenvalue weighted by molar-refractivity contribution is 5.29. The summed E-state index contributed by atoms with van der Waals surface area (Å²) in [5, 5.41) is 3.24. The Kier molecular flexibility index (Phi) is 3.82. The Bertz CT molecular complexity index is 523. The SMILES string of the molecule is C=CCNc1nc(C)cn1CCc1nccn1C. The minimum atomic E-state index is 0.721. The maximum absolute atomic E-state index is 4.45. The van der Waals surface area contributed by atoms with Crippen molar-refractivity contribution in [3.63, 3.8) is 0 Å². The zero-order valence-electron chi connectivity index (χ0n) is 10.9. The van der Waals surface area contributed by atoms with E-state index in [0.29, 0.717) is 0 Å². The molecule has 5 heteroatoms. The van der Waals surface area contributed by atoms with Crippen LogP contribution in [0.25, 0.3) is 0 Å². The van der Waals surface area contributed by atoms with Crippen LogP contribution in [0, 0.1) is 6.92 Å². The second kappa shape index (κ2) is 5.53. The monoisotopic (exact) mass is 245 g/mol. The Morgan fingerprint density at radius 3 is 3.00 bits per heavy atom. The third-order valence-electron chi connectivity index (χ3n) is 2.80. The molecule has 0 aromatic carbocycles. The van der Waals surface area contributed by atoms with Gasteiger partial charge in [0.25, 0.3) is 0 Å². The number of anilines is 1. The molecule has 0 saturated heterocycles.